The van der Waals surface area contributed by atoms with E-state index in [1.54, 1.807) is 7.11 Å². The molecule has 0 amide bonds. The Morgan fingerprint density at radius 2 is 1.82 bits per heavy atom. The smallest absolute Gasteiger partial charge is 0.123 e. The van der Waals surface area contributed by atoms with Crippen molar-refractivity contribution in [1.29, 1.82) is 0 Å². The Balaban J connectivity index is 2.71. The third-order valence-corrected chi connectivity index (χ3v) is 3.25. The standard InChI is InChI=1S/C15H24O2/c1-5-15(2,3)13-9-6-7-10-14(13)17-12-8-11-16-4/h6-7,9-10H,5,8,11-12H2,1-4H3. The fourth-order valence-corrected chi connectivity index (χ4v) is 1.73. The first-order valence-electron chi connectivity index (χ1n) is 6.33. The number of para-hydroxylation sites is 1. The minimum atomic E-state index is 0.165. The molecule has 1 aromatic rings. The molecule has 0 bridgehead atoms. The summed E-state index contributed by atoms with van der Waals surface area (Å²) in [6.45, 7) is 8.18. The number of rotatable bonds is 7. The molecule has 0 saturated carbocycles. The highest BCUT2D eigenvalue weighted by Crippen LogP contribution is 2.33. The van der Waals surface area contributed by atoms with Gasteiger partial charge in [-0.3, -0.25) is 0 Å². The summed E-state index contributed by atoms with van der Waals surface area (Å²) in [7, 11) is 1.72. The van der Waals surface area contributed by atoms with Gasteiger partial charge in [0.2, 0.25) is 0 Å². The third-order valence-electron chi connectivity index (χ3n) is 3.25. The zero-order chi connectivity index (χ0) is 12.7. The molecule has 0 aliphatic carbocycles. The molecule has 0 saturated heterocycles. The molecule has 0 unspecified atom stereocenters. The summed E-state index contributed by atoms with van der Waals surface area (Å²) in [5.74, 6) is 1.01. The normalized spacial score (nSPS) is 11.5. The first-order valence-corrected chi connectivity index (χ1v) is 6.33. The van der Waals surface area contributed by atoms with E-state index in [0.29, 0.717) is 6.61 Å². The van der Waals surface area contributed by atoms with E-state index in [1.165, 1.54) is 5.56 Å². The van der Waals surface area contributed by atoms with Crippen molar-refractivity contribution in [3.8, 4) is 5.75 Å². The first-order chi connectivity index (χ1) is 8.11. The largest absolute Gasteiger partial charge is 0.493 e. The van der Waals surface area contributed by atoms with E-state index in [1.807, 2.05) is 6.07 Å². The van der Waals surface area contributed by atoms with E-state index in [0.717, 1.165) is 25.2 Å². The Morgan fingerprint density at radius 3 is 2.47 bits per heavy atom. The Bertz CT molecular complexity index is 331. The number of methoxy groups -OCH3 is 1. The summed E-state index contributed by atoms with van der Waals surface area (Å²) >= 11 is 0. The van der Waals surface area contributed by atoms with Crippen LogP contribution in [0.2, 0.25) is 0 Å². The zero-order valence-electron chi connectivity index (χ0n) is 11.5. The van der Waals surface area contributed by atoms with E-state index >= 15 is 0 Å². The molecule has 0 radical (unpaired) electrons. The van der Waals surface area contributed by atoms with E-state index < -0.39 is 0 Å². The topological polar surface area (TPSA) is 18.5 Å². The van der Waals surface area contributed by atoms with Crippen LogP contribution in [0.5, 0.6) is 5.75 Å². The highest BCUT2D eigenvalue weighted by Gasteiger charge is 2.21. The minimum absolute atomic E-state index is 0.165. The Kier molecular flexibility index (Phi) is 5.49. The lowest BCUT2D eigenvalue weighted by atomic mass is 9.82. The van der Waals surface area contributed by atoms with E-state index in [4.69, 9.17) is 9.47 Å². The number of benzene rings is 1. The van der Waals surface area contributed by atoms with Crippen molar-refractivity contribution in [3.63, 3.8) is 0 Å². The molecule has 1 rings (SSSR count). The molecule has 0 aromatic heterocycles. The van der Waals surface area contributed by atoms with E-state index in [2.05, 4.69) is 39.0 Å². The van der Waals surface area contributed by atoms with Crippen molar-refractivity contribution >= 4 is 0 Å². The first kappa shape index (κ1) is 14.0. The van der Waals surface area contributed by atoms with Crippen LogP contribution in [0.3, 0.4) is 0 Å². The van der Waals surface area contributed by atoms with Crippen LogP contribution in [0.25, 0.3) is 0 Å². The fraction of sp³-hybridized carbons (Fsp3) is 0.600. The molecule has 2 heteroatoms. The summed E-state index contributed by atoms with van der Waals surface area (Å²) in [6, 6.07) is 8.32. The second-order valence-corrected chi connectivity index (χ2v) is 4.93. The zero-order valence-corrected chi connectivity index (χ0v) is 11.5. The molecular weight excluding hydrogens is 212 g/mol. The lowest BCUT2D eigenvalue weighted by molar-refractivity contribution is 0.171. The van der Waals surface area contributed by atoms with E-state index in [9.17, 15) is 0 Å². The van der Waals surface area contributed by atoms with Gasteiger partial charge in [-0.05, 0) is 23.5 Å². The molecule has 0 atom stereocenters. The van der Waals surface area contributed by atoms with Crippen LogP contribution >= 0.6 is 0 Å². The van der Waals surface area contributed by atoms with Crippen LogP contribution < -0.4 is 4.74 Å². The molecule has 1 aromatic carbocycles. The van der Waals surface area contributed by atoms with Gasteiger partial charge in [0.15, 0.2) is 0 Å². The molecule has 17 heavy (non-hydrogen) atoms. The lowest BCUT2D eigenvalue weighted by Gasteiger charge is -2.26. The van der Waals surface area contributed by atoms with E-state index in [-0.39, 0.29) is 5.41 Å². The van der Waals surface area contributed by atoms with Crippen molar-refractivity contribution in [2.45, 2.75) is 39.0 Å². The van der Waals surface area contributed by atoms with Gasteiger partial charge in [-0.15, -0.1) is 0 Å². The highest BCUT2D eigenvalue weighted by atomic mass is 16.5. The van der Waals surface area contributed by atoms with Gasteiger partial charge in [0, 0.05) is 20.1 Å². The van der Waals surface area contributed by atoms with Gasteiger partial charge in [0.25, 0.3) is 0 Å². The van der Waals surface area contributed by atoms with Crippen molar-refractivity contribution in [2.24, 2.45) is 0 Å². The van der Waals surface area contributed by atoms with Gasteiger partial charge in [0.05, 0.1) is 6.61 Å². The Morgan fingerprint density at radius 1 is 1.12 bits per heavy atom. The molecule has 0 heterocycles. The quantitative estimate of drug-likeness (QED) is 0.671. The average Bonchev–Trinajstić information content (AvgIpc) is 2.35. The van der Waals surface area contributed by atoms with Crippen LogP contribution in [-0.4, -0.2) is 20.3 Å². The van der Waals surface area contributed by atoms with Gasteiger partial charge < -0.3 is 9.47 Å². The molecule has 0 spiro atoms. The fourth-order valence-electron chi connectivity index (χ4n) is 1.73. The molecular formula is C15H24O2. The predicted octanol–water partition coefficient (Wildman–Crippen LogP) is 3.79. The summed E-state index contributed by atoms with van der Waals surface area (Å²) in [4.78, 5) is 0. The number of ether oxygens (including phenoxy) is 2. The van der Waals surface area contributed by atoms with Crippen molar-refractivity contribution in [1.82, 2.24) is 0 Å². The van der Waals surface area contributed by atoms with Crippen LogP contribution in [0.1, 0.15) is 39.2 Å². The third kappa shape index (κ3) is 4.04. The maximum absolute atomic E-state index is 5.85. The summed E-state index contributed by atoms with van der Waals surface area (Å²) in [5, 5.41) is 0. The summed E-state index contributed by atoms with van der Waals surface area (Å²) in [6.07, 6.45) is 2.03. The Hall–Kier alpha value is -1.02. The van der Waals surface area contributed by atoms with Gasteiger partial charge in [-0.25, -0.2) is 0 Å². The minimum Gasteiger partial charge on any atom is -0.493 e. The van der Waals surface area contributed by atoms with Gasteiger partial charge in [0.1, 0.15) is 5.75 Å². The maximum Gasteiger partial charge on any atom is 0.123 e. The number of hydrogen-bond acceptors (Lipinski definition) is 2. The average molecular weight is 236 g/mol. The van der Waals surface area contributed by atoms with Gasteiger partial charge in [-0.2, -0.15) is 0 Å². The maximum atomic E-state index is 5.85. The van der Waals surface area contributed by atoms with Crippen LogP contribution in [0.15, 0.2) is 24.3 Å². The lowest BCUT2D eigenvalue weighted by Crippen LogP contribution is -2.17. The second-order valence-electron chi connectivity index (χ2n) is 4.93. The monoisotopic (exact) mass is 236 g/mol. The molecule has 2 nitrogen and oxygen atoms in total. The van der Waals surface area contributed by atoms with Crippen LogP contribution in [0.4, 0.5) is 0 Å². The molecule has 0 N–H and O–H groups in total. The molecule has 96 valence electrons. The predicted molar refractivity (Wildman–Crippen MR) is 71.7 cm³/mol. The molecule has 0 aliphatic heterocycles. The summed E-state index contributed by atoms with van der Waals surface area (Å²) < 4.78 is 10.9. The van der Waals surface area contributed by atoms with Gasteiger partial charge >= 0.3 is 0 Å². The summed E-state index contributed by atoms with van der Waals surface area (Å²) in [5.41, 5.74) is 1.46. The van der Waals surface area contributed by atoms with Crippen LogP contribution in [0, 0.1) is 0 Å². The van der Waals surface area contributed by atoms with Gasteiger partial charge in [-0.1, -0.05) is 39.0 Å². The molecule has 0 aliphatic rings. The number of hydrogen-bond donors (Lipinski definition) is 0. The SMILES string of the molecule is CCC(C)(C)c1ccccc1OCCCOC. The van der Waals surface area contributed by atoms with Crippen molar-refractivity contribution < 1.29 is 9.47 Å². The van der Waals surface area contributed by atoms with Crippen molar-refractivity contribution in [3.05, 3.63) is 29.8 Å². The highest BCUT2D eigenvalue weighted by molar-refractivity contribution is 5.38. The Labute approximate surface area is 105 Å². The second kappa shape index (κ2) is 6.65. The molecule has 0 fully saturated rings. The van der Waals surface area contributed by atoms with Crippen LogP contribution in [-0.2, 0) is 10.2 Å². The van der Waals surface area contributed by atoms with Crippen molar-refractivity contribution in [2.75, 3.05) is 20.3 Å².